The van der Waals surface area contributed by atoms with E-state index < -0.39 is 36.6 Å². The van der Waals surface area contributed by atoms with E-state index in [-0.39, 0.29) is 19.6 Å². The third-order valence-corrected chi connectivity index (χ3v) is 2.60. The van der Waals surface area contributed by atoms with E-state index in [1.807, 2.05) is 0 Å². The van der Waals surface area contributed by atoms with Crippen molar-refractivity contribution in [3.63, 3.8) is 0 Å². The van der Waals surface area contributed by atoms with E-state index in [1.165, 1.54) is 6.92 Å². The quantitative estimate of drug-likeness (QED) is 0.446. The number of rotatable bonds is 6. The number of nitrogens with one attached hydrogen (secondary N) is 1. The van der Waals surface area contributed by atoms with Gasteiger partial charge in [-0.2, -0.15) is 0 Å². The molecule has 1 amide bonds. The number of carbonyl (C=O) groups is 3. The summed E-state index contributed by atoms with van der Waals surface area (Å²) in [6, 6.07) is -1.16. The van der Waals surface area contributed by atoms with Crippen LogP contribution in [0, 0.1) is 0 Å². The van der Waals surface area contributed by atoms with E-state index in [4.69, 9.17) is 4.74 Å². The van der Waals surface area contributed by atoms with Crippen LogP contribution in [0.3, 0.4) is 0 Å². The van der Waals surface area contributed by atoms with Crippen molar-refractivity contribution >= 4 is 18.9 Å². The summed E-state index contributed by atoms with van der Waals surface area (Å²) in [5.41, 5.74) is 0. The molecule has 9 nitrogen and oxygen atoms in total. The Labute approximate surface area is 108 Å². The van der Waals surface area contributed by atoms with Crippen molar-refractivity contribution in [1.29, 1.82) is 0 Å². The zero-order valence-corrected chi connectivity index (χ0v) is 10.1. The smallest absolute Gasteiger partial charge is 0.293 e. The maximum absolute atomic E-state index is 11.0. The molecule has 0 bridgehead atoms. The second-order valence-electron chi connectivity index (χ2n) is 3.91. The first-order chi connectivity index (χ1) is 9.01. The first-order valence-electron chi connectivity index (χ1n) is 5.44. The Morgan fingerprint density at radius 2 is 2.05 bits per heavy atom. The highest BCUT2D eigenvalue weighted by Gasteiger charge is 2.46. The molecular weight excluding hydrogens is 262 g/mol. The van der Waals surface area contributed by atoms with Crippen molar-refractivity contribution in [2.45, 2.75) is 37.6 Å². The highest BCUT2D eigenvalue weighted by Crippen LogP contribution is 2.22. The third-order valence-electron chi connectivity index (χ3n) is 2.60. The van der Waals surface area contributed by atoms with E-state index >= 15 is 0 Å². The van der Waals surface area contributed by atoms with Crippen LogP contribution in [0.25, 0.3) is 0 Å². The Morgan fingerprint density at radius 1 is 1.37 bits per heavy atom. The number of aliphatic hydroxyl groups is 2. The number of hydrogen-bond donors (Lipinski definition) is 3. The van der Waals surface area contributed by atoms with Gasteiger partial charge >= 0.3 is 0 Å². The highest BCUT2D eigenvalue weighted by molar-refractivity contribution is 5.73. The van der Waals surface area contributed by atoms with E-state index in [1.54, 1.807) is 0 Å². The predicted molar refractivity (Wildman–Crippen MR) is 57.4 cm³/mol. The molecule has 0 spiro atoms. The third kappa shape index (κ3) is 3.88. The van der Waals surface area contributed by atoms with Crippen LogP contribution in [-0.2, 0) is 28.6 Å². The maximum atomic E-state index is 11.0. The molecule has 108 valence electrons. The zero-order valence-electron chi connectivity index (χ0n) is 10.1. The molecule has 1 rings (SSSR count). The van der Waals surface area contributed by atoms with Crippen molar-refractivity contribution in [3.8, 4) is 0 Å². The van der Waals surface area contributed by atoms with Gasteiger partial charge in [0.15, 0.2) is 12.4 Å². The molecule has 1 aliphatic heterocycles. The minimum atomic E-state index is -1.52. The fourth-order valence-corrected chi connectivity index (χ4v) is 1.83. The van der Waals surface area contributed by atoms with E-state index in [2.05, 4.69) is 14.8 Å². The minimum Gasteiger partial charge on any atom is -0.465 e. The van der Waals surface area contributed by atoms with E-state index in [0.717, 1.165) is 0 Å². The van der Waals surface area contributed by atoms with Gasteiger partial charge in [0.25, 0.3) is 12.9 Å². The lowest BCUT2D eigenvalue weighted by molar-refractivity contribution is -0.257. The number of amides is 1. The predicted octanol–water partition coefficient (Wildman–Crippen LogP) is -2.72. The van der Waals surface area contributed by atoms with Crippen molar-refractivity contribution in [2.75, 3.05) is 6.61 Å². The Bertz CT molecular complexity index is 335. The number of carbonyl (C=O) groups excluding carboxylic acids is 3. The van der Waals surface area contributed by atoms with Crippen molar-refractivity contribution in [3.05, 3.63) is 0 Å². The number of hydrogen-bond acceptors (Lipinski definition) is 8. The molecule has 1 heterocycles. The second-order valence-corrected chi connectivity index (χ2v) is 3.91. The normalized spacial score (nSPS) is 34.2. The molecule has 1 fully saturated rings. The highest BCUT2D eigenvalue weighted by atomic mass is 16.7. The van der Waals surface area contributed by atoms with Crippen LogP contribution in [0.5, 0.6) is 0 Å². The fraction of sp³-hybridized carbons (Fsp3) is 0.700. The minimum absolute atomic E-state index is 0.0910. The molecule has 0 aromatic rings. The van der Waals surface area contributed by atoms with E-state index in [0.29, 0.717) is 0 Å². The maximum Gasteiger partial charge on any atom is 0.293 e. The number of aliphatic hydroxyl groups excluding tert-OH is 2. The van der Waals surface area contributed by atoms with Gasteiger partial charge in [-0.3, -0.25) is 14.4 Å². The van der Waals surface area contributed by atoms with Crippen molar-refractivity contribution in [2.24, 2.45) is 0 Å². The van der Waals surface area contributed by atoms with E-state index in [9.17, 15) is 24.6 Å². The number of ether oxygens (including phenoxy) is 3. The SMILES string of the molecule is CC(=O)NC1C(O)OC(COC=O)C(OC=O)C1O. The molecule has 0 radical (unpaired) electrons. The lowest BCUT2D eigenvalue weighted by Crippen LogP contribution is -2.64. The molecule has 0 saturated carbocycles. The molecule has 0 aliphatic carbocycles. The van der Waals surface area contributed by atoms with Crippen LogP contribution >= 0.6 is 0 Å². The van der Waals surface area contributed by atoms with Gasteiger partial charge in [-0.25, -0.2) is 0 Å². The van der Waals surface area contributed by atoms with Crippen LogP contribution in [0.4, 0.5) is 0 Å². The summed E-state index contributed by atoms with van der Waals surface area (Å²) in [4.78, 5) is 31.5. The summed E-state index contributed by atoms with van der Waals surface area (Å²) in [6.45, 7) is 1.12. The lowest BCUT2D eigenvalue weighted by Gasteiger charge is -2.41. The van der Waals surface area contributed by atoms with Crippen LogP contribution in [0.1, 0.15) is 6.92 Å². The second kappa shape index (κ2) is 7.02. The Kier molecular flexibility index (Phi) is 5.67. The Hall–Kier alpha value is -1.71. The average Bonchev–Trinajstić information content (AvgIpc) is 2.35. The lowest BCUT2D eigenvalue weighted by atomic mass is 9.97. The summed E-state index contributed by atoms with van der Waals surface area (Å²) in [6.07, 6.45) is -5.15. The summed E-state index contributed by atoms with van der Waals surface area (Å²) in [5, 5.41) is 21.9. The van der Waals surface area contributed by atoms with Gasteiger partial charge in [-0.15, -0.1) is 0 Å². The molecule has 1 saturated heterocycles. The Balaban J connectivity index is 2.80. The molecule has 0 aromatic carbocycles. The molecule has 3 N–H and O–H groups in total. The average molecular weight is 277 g/mol. The van der Waals surface area contributed by atoms with Crippen LogP contribution in [0.15, 0.2) is 0 Å². The van der Waals surface area contributed by atoms with Crippen molar-refractivity contribution in [1.82, 2.24) is 5.32 Å². The van der Waals surface area contributed by atoms with Crippen LogP contribution < -0.4 is 5.32 Å². The molecule has 9 heteroatoms. The summed E-state index contributed by atoms with van der Waals surface area (Å²) in [7, 11) is 0. The largest absolute Gasteiger partial charge is 0.465 e. The fourth-order valence-electron chi connectivity index (χ4n) is 1.83. The van der Waals surface area contributed by atoms with Crippen molar-refractivity contribution < 1.29 is 38.8 Å². The zero-order chi connectivity index (χ0) is 14.4. The summed E-state index contributed by atoms with van der Waals surface area (Å²) in [5.74, 6) is -0.501. The first-order valence-corrected chi connectivity index (χ1v) is 5.44. The summed E-state index contributed by atoms with van der Waals surface area (Å²) < 4.78 is 14.2. The molecule has 19 heavy (non-hydrogen) atoms. The van der Waals surface area contributed by atoms with Gasteiger partial charge in [0.05, 0.1) is 0 Å². The Morgan fingerprint density at radius 3 is 2.58 bits per heavy atom. The monoisotopic (exact) mass is 277 g/mol. The van der Waals surface area contributed by atoms with Gasteiger partial charge in [-0.05, 0) is 0 Å². The van der Waals surface area contributed by atoms with Gasteiger partial charge in [0, 0.05) is 6.92 Å². The van der Waals surface area contributed by atoms with Gasteiger partial charge in [0.1, 0.15) is 24.9 Å². The molecule has 5 unspecified atom stereocenters. The molecule has 0 aromatic heterocycles. The molecular formula is C10H15NO8. The van der Waals surface area contributed by atoms with Crippen LogP contribution in [0.2, 0.25) is 0 Å². The van der Waals surface area contributed by atoms with Gasteiger partial charge < -0.3 is 29.7 Å². The molecule has 5 atom stereocenters. The standard InChI is InChI=1S/C10H15NO8/c1-5(14)11-7-8(15)9(18-4-13)6(2-17-3-12)19-10(7)16/h3-4,6-10,15-16H,2H2,1H3,(H,11,14). The topological polar surface area (TPSA) is 131 Å². The molecule has 1 aliphatic rings. The summed E-state index contributed by atoms with van der Waals surface area (Å²) >= 11 is 0. The van der Waals surface area contributed by atoms with Gasteiger partial charge in [0.2, 0.25) is 5.91 Å². The van der Waals surface area contributed by atoms with Crippen LogP contribution in [-0.4, -0.2) is 66.3 Å². The van der Waals surface area contributed by atoms with Gasteiger partial charge in [-0.1, -0.05) is 0 Å². The first kappa shape index (κ1) is 15.3.